The van der Waals surface area contributed by atoms with E-state index in [1.165, 1.54) is 4.88 Å². The number of benzene rings is 1. The van der Waals surface area contributed by atoms with Gasteiger partial charge in [0.2, 0.25) is 0 Å². The Bertz CT molecular complexity index is 827. The molecule has 6 nitrogen and oxygen atoms in total. The van der Waals surface area contributed by atoms with Gasteiger partial charge >= 0.3 is 12.0 Å². The maximum Gasteiger partial charge on any atom is 0.329 e. The highest BCUT2D eigenvalue weighted by molar-refractivity contribution is 7.16. The molecule has 0 bridgehead atoms. The molecule has 2 aromatic rings. The number of carboxylic acid groups (broad SMARTS) is 1. The number of aliphatic carboxylic acids is 1. The Balaban J connectivity index is 1.38. The Kier molecular flexibility index (Phi) is 4.42. The molecule has 7 heteroatoms. The van der Waals surface area contributed by atoms with Crippen molar-refractivity contribution >= 4 is 34.0 Å². The predicted octanol–water partition coefficient (Wildman–Crippen LogP) is 3.02. The molecule has 26 heavy (non-hydrogen) atoms. The Morgan fingerprint density at radius 3 is 2.42 bits per heavy atom. The Morgan fingerprint density at radius 2 is 1.81 bits per heavy atom. The summed E-state index contributed by atoms with van der Waals surface area (Å²) >= 11 is 1.64. The smallest absolute Gasteiger partial charge is 0.329 e. The van der Waals surface area contributed by atoms with Crippen LogP contribution in [0.25, 0.3) is 0 Å². The number of nitrogens with zero attached hydrogens (tertiary/aromatic N) is 3. The summed E-state index contributed by atoms with van der Waals surface area (Å²) in [5.41, 5.74) is 2.04. The van der Waals surface area contributed by atoms with Crippen LogP contribution in [0, 0.1) is 12.8 Å². The minimum atomic E-state index is -0.713. The molecule has 2 fully saturated rings. The molecule has 3 heterocycles. The van der Waals surface area contributed by atoms with Gasteiger partial charge in [-0.15, -0.1) is 11.3 Å². The first-order valence-electron chi connectivity index (χ1n) is 8.71. The number of carbonyl (C=O) groups is 2. The van der Waals surface area contributed by atoms with E-state index in [-0.39, 0.29) is 11.9 Å². The second-order valence-electron chi connectivity index (χ2n) is 6.87. The average molecular weight is 371 g/mol. The molecular formula is C19H21N3O3S. The summed E-state index contributed by atoms with van der Waals surface area (Å²) < 4.78 is 0. The van der Waals surface area contributed by atoms with Crippen LogP contribution < -0.4 is 9.80 Å². The van der Waals surface area contributed by atoms with Crippen molar-refractivity contribution in [3.63, 3.8) is 0 Å². The number of urea groups is 1. The first kappa shape index (κ1) is 17.1. The summed E-state index contributed by atoms with van der Waals surface area (Å²) in [6.45, 7) is 5.39. The lowest BCUT2D eigenvalue weighted by Gasteiger charge is -2.36. The van der Waals surface area contributed by atoms with Crippen molar-refractivity contribution in [2.45, 2.75) is 13.5 Å². The number of carbonyl (C=O) groups excluding carboxylic acids is 1. The molecule has 1 aromatic carbocycles. The van der Waals surface area contributed by atoms with E-state index in [9.17, 15) is 9.59 Å². The minimum absolute atomic E-state index is 0.0200. The van der Waals surface area contributed by atoms with Crippen LogP contribution in [0.5, 0.6) is 0 Å². The lowest BCUT2D eigenvalue weighted by Crippen LogP contribution is -2.49. The molecule has 1 aromatic heterocycles. The zero-order valence-corrected chi connectivity index (χ0v) is 15.4. The number of hydrogen-bond acceptors (Lipinski definition) is 4. The molecule has 0 radical (unpaired) electrons. The molecule has 1 N–H and O–H groups in total. The van der Waals surface area contributed by atoms with E-state index < -0.39 is 5.97 Å². The van der Waals surface area contributed by atoms with Crippen LogP contribution in [0.3, 0.4) is 0 Å². The summed E-state index contributed by atoms with van der Waals surface area (Å²) in [6.07, 6.45) is 0. The van der Waals surface area contributed by atoms with Crippen molar-refractivity contribution < 1.29 is 14.7 Å². The third kappa shape index (κ3) is 3.20. The van der Waals surface area contributed by atoms with Crippen molar-refractivity contribution in [3.05, 3.63) is 46.8 Å². The van der Waals surface area contributed by atoms with E-state index >= 15 is 0 Å². The van der Waals surface area contributed by atoms with Gasteiger partial charge in [0.1, 0.15) is 0 Å². The van der Waals surface area contributed by atoms with E-state index in [4.69, 9.17) is 5.11 Å². The van der Waals surface area contributed by atoms with E-state index in [0.29, 0.717) is 26.2 Å². The van der Waals surface area contributed by atoms with Gasteiger partial charge in [0.15, 0.2) is 0 Å². The zero-order valence-electron chi connectivity index (χ0n) is 14.6. The largest absolute Gasteiger partial charge is 0.481 e. The third-order valence-electron chi connectivity index (χ3n) is 4.96. The Morgan fingerprint density at radius 1 is 1.12 bits per heavy atom. The van der Waals surface area contributed by atoms with Crippen LogP contribution in [0.4, 0.5) is 15.5 Å². The van der Waals surface area contributed by atoms with Crippen molar-refractivity contribution in [2.75, 3.05) is 36.0 Å². The highest BCUT2D eigenvalue weighted by atomic mass is 32.1. The van der Waals surface area contributed by atoms with Crippen LogP contribution in [0.15, 0.2) is 36.4 Å². The van der Waals surface area contributed by atoms with Gasteiger partial charge in [0, 0.05) is 43.3 Å². The summed E-state index contributed by atoms with van der Waals surface area (Å²) in [5.74, 6) is -0.946. The quantitative estimate of drug-likeness (QED) is 0.878. The fourth-order valence-electron chi connectivity index (χ4n) is 3.44. The predicted molar refractivity (Wildman–Crippen MR) is 102 cm³/mol. The Labute approximate surface area is 156 Å². The third-order valence-corrected chi connectivity index (χ3v) is 5.99. The van der Waals surface area contributed by atoms with Gasteiger partial charge in [-0.1, -0.05) is 12.1 Å². The number of thiophene rings is 1. The van der Waals surface area contributed by atoms with Gasteiger partial charge in [-0.25, -0.2) is 4.79 Å². The van der Waals surface area contributed by atoms with Crippen LogP contribution in [-0.4, -0.2) is 48.2 Å². The van der Waals surface area contributed by atoms with Gasteiger partial charge in [-0.2, -0.15) is 0 Å². The standard InChI is InChI=1S/C19H21N3O3S/c1-13-2-7-17(26-13)22-9-8-21(19(22)25)16-5-3-14(4-6-16)10-20-11-15(12-20)18(23)24/h2-7,15H,8-12H2,1H3,(H,23,24). The molecule has 136 valence electrons. The Hall–Kier alpha value is -2.38. The molecule has 2 aliphatic heterocycles. The average Bonchev–Trinajstić information content (AvgIpc) is 3.16. The molecule has 4 rings (SSSR count). The van der Waals surface area contributed by atoms with Crippen molar-refractivity contribution in [3.8, 4) is 0 Å². The summed E-state index contributed by atoms with van der Waals surface area (Å²) in [4.78, 5) is 30.6. The number of carboxylic acids is 1. The minimum Gasteiger partial charge on any atom is -0.481 e. The summed E-state index contributed by atoms with van der Waals surface area (Å²) in [5, 5.41) is 9.93. The number of rotatable bonds is 5. The van der Waals surface area contributed by atoms with Gasteiger partial charge < -0.3 is 5.11 Å². The highest BCUT2D eigenvalue weighted by Crippen LogP contribution is 2.30. The van der Waals surface area contributed by atoms with Crippen LogP contribution in [0.2, 0.25) is 0 Å². The lowest BCUT2D eigenvalue weighted by atomic mass is 9.99. The molecular weight excluding hydrogens is 350 g/mol. The monoisotopic (exact) mass is 371 g/mol. The molecule has 0 saturated carbocycles. The molecule has 0 unspecified atom stereocenters. The molecule has 0 aliphatic carbocycles. The lowest BCUT2D eigenvalue weighted by molar-refractivity contribution is -0.147. The van der Waals surface area contributed by atoms with Crippen LogP contribution in [-0.2, 0) is 11.3 Å². The zero-order chi connectivity index (χ0) is 18.3. The van der Waals surface area contributed by atoms with E-state index in [2.05, 4.69) is 4.90 Å². The fourth-order valence-corrected chi connectivity index (χ4v) is 4.32. The van der Waals surface area contributed by atoms with E-state index in [0.717, 1.165) is 22.8 Å². The first-order chi connectivity index (χ1) is 12.5. The number of likely N-dealkylation sites (tertiary alicyclic amines) is 1. The molecule has 2 amide bonds. The fraction of sp³-hybridized carbons (Fsp3) is 0.368. The normalized spacial score (nSPS) is 18.4. The number of amides is 2. The highest BCUT2D eigenvalue weighted by Gasteiger charge is 2.33. The summed E-state index contributed by atoms with van der Waals surface area (Å²) in [6, 6.07) is 12.1. The van der Waals surface area contributed by atoms with E-state index in [1.807, 2.05) is 53.1 Å². The SMILES string of the molecule is Cc1ccc(N2CCN(c3ccc(CN4CC(C(=O)O)C4)cc3)C2=O)s1. The van der Waals surface area contributed by atoms with Gasteiger partial charge in [0.05, 0.1) is 10.9 Å². The number of hydrogen-bond donors (Lipinski definition) is 1. The van der Waals surface area contributed by atoms with E-state index in [1.54, 1.807) is 11.3 Å². The van der Waals surface area contributed by atoms with Crippen molar-refractivity contribution in [1.29, 1.82) is 0 Å². The van der Waals surface area contributed by atoms with Gasteiger partial charge in [-0.3, -0.25) is 19.5 Å². The van der Waals surface area contributed by atoms with Crippen molar-refractivity contribution in [1.82, 2.24) is 4.90 Å². The molecule has 2 aliphatic rings. The maximum atomic E-state index is 12.7. The first-order valence-corrected chi connectivity index (χ1v) is 9.52. The summed E-state index contributed by atoms with van der Waals surface area (Å²) in [7, 11) is 0. The van der Waals surface area contributed by atoms with Crippen LogP contribution >= 0.6 is 11.3 Å². The van der Waals surface area contributed by atoms with Gasteiger partial charge in [0.25, 0.3) is 0 Å². The molecule has 0 spiro atoms. The maximum absolute atomic E-state index is 12.7. The molecule has 0 atom stereocenters. The van der Waals surface area contributed by atoms with Crippen molar-refractivity contribution in [2.24, 2.45) is 5.92 Å². The number of aryl methyl sites for hydroxylation is 1. The second kappa shape index (κ2) is 6.74. The topological polar surface area (TPSA) is 64.1 Å². The second-order valence-corrected chi connectivity index (χ2v) is 8.13. The van der Waals surface area contributed by atoms with Crippen LogP contribution in [0.1, 0.15) is 10.4 Å². The number of anilines is 2. The molecule has 2 saturated heterocycles. The van der Waals surface area contributed by atoms with Gasteiger partial charge in [-0.05, 0) is 36.8 Å².